The Balaban J connectivity index is 2.38. The molecule has 0 N–H and O–H groups in total. The van der Waals surface area contributed by atoms with E-state index in [1.54, 1.807) is 26.0 Å². The Morgan fingerprint density at radius 3 is 2.26 bits per heavy atom. The smallest absolute Gasteiger partial charge is 0.426 e. The number of halogens is 4. The third-order valence-electron chi connectivity index (χ3n) is 4.93. The van der Waals surface area contributed by atoms with Crippen LogP contribution in [0.3, 0.4) is 0 Å². The molecular formula is C17H17ClF3O2-. The van der Waals surface area contributed by atoms with Crippen molar-refractivity contribution in [2.45, 2.75) is 33.4 Å². The van der Waals surface area contributed by atoms with E-state index >= 15 is 0 Å². The number of rotatable bonds is 4. The number of allylic oxidation sites excluding steroid dienone is 2. The lowest BCUT2D eigenvalue weighted by Crippen LogP contribution is -2.38. The second kappa shape index (κ2) is 5.55. The van der Waals surface area contributed by atoms with Crippen LogP contribution in [0.25, 0.3) is 0 Å². The van der Waals surface area contributed by atoms with Crippen LogP contribution in [0, 0.1) is 23.7 Å². The molecule has 0 heterocycles. The van der Waals surface area contributed by atoms with Crippen LogP contribution in [0.15, 0.2) is 35.4 Å². The molecule has 2 rings (SSSR count). The lowest BCUT2D eigenvalue weighted by Gasteiger charge is -2.22. The van der Waals surface area contributed by atoms with Crippen molar-refractivity contribution in [3.05, 3.63) is 46.5 Å². The van der Waals surface area contributed by atoms with Gasteiger partial charge in [0.1, 0.15) is 5.03 Å². The molecule has 0 radical (unpaired) electrons. The maximum atomic E-state index is 12.7. The summed E-state index contributed by atoms with van der Waals surface area (Å²) in [6.07, 6.45) is -3.76. The minimum atomic E-state index is -4.68. The van der Waals surface area contributed by atoms with Crippen molar-refractivity contribution in [3.8, 4) is 0 Å². The predicted molar refractivity (Wildman–Crippen MR) is 79.6 cm³/mol. The molecule has 2 nitrogen and oxygen atoms in total. The molecule has 2 unspecified atom stereocenters. The van der Waals surface area contributed by atoms with Gasteiger partial charge in [0, 0.05) is 11.4 Å². The van der Waals surface area contributed by atoms with Crippen LogP contribution in [0.2, 0.25) is 0 Å². The molecular weight excluding hydrogens is 329 g/mol. The molecule has 0 aliphatic heterocycles. The molecule has 1 aromatic rings. The maximum Gasteiger partial charge on any atom is 0.426 e. The monoisotopic (exact) mass is 345 g/mol. The fourth-order valence-electron chi connectivity index (χ4n) is 3.31. The van der Waals surface area contributed by atoms with Crippen molar-refractivity contribution in [1.82, 2.24) is 0 Å². The van der Waals surface area contributed by atoms with Gasteiger partial charge in [0.05, 0.1) is 0 Å². The molecule has 1 fully saturated rings. The molecule has 23 heavy (non-hydrogen) atoms. The van der Waals surface area contributed by atoms with Crippen molar-refractivity contribution < 1.29 is 23.1 Å². The first-order chi connectivity index (χ1) is 10.4. The summed E-state index contributed by atoms with van der Waals surface area (Å²) in [5.74, 6) is -2.19. The molecule has 0 spiro atoms. The number of carbonyl (C=O) groups excluding carboxylic acids is 1. The van der Waals surface area contributed by atoms with E-state index < -0.39 is 33.9 Å². The van der Waals surface area contributed by atoms with Gasteiger partial charge < -0.3 is 9.90 Å². The van der Waals surface area contributed by atoms with Gasteiger partial charge in [-0.3, -0.25) is 0 Å². The summed E-state index contributed by atoms with van der Waals surface area (Å²) in [6, 6.07) is 7.23. The predicted octanol–water partition coefficient (Wildman–Crippen LogP) is 3.61. The van der Waals surface area contributed by atoms with Gasteiger partial charge >= 0.3 is 6.18 Å². The van der Waals surface area contributed by atoms with Gasteiger partial charge in [-0.2, -0.15) is 13.2 Å². The molecule has 0 amide bonds. The van der Waals surface area contributed by atoms with Gasteiger partial charge in [-0.1, -0.05) is 61.4 Å². The minimum absolute atomic E-state index is 0.103. The molecule has 2 atom stereocenters. The summed E-state index contributed by atoms with van der Waals surface area (Å²) < 4.78 is 38.0. The molecule has 0 bridgehead atoms. The lowest BCUT2D eigenvalue weighted by molar-refractivity contribution is -0.315. The number of aryl methyl sites for hydroxylation is 1. The van der Waals surface area contributed by atoms with Crippen LogP contribution in [0.4, 0.5) is 13.2 Å². The van der Waals surface area contributed by atoms with Crippen LogP contribution in [-0.4, -0.2) is 12.1 Å². The van der Waals surface area contributed by atoms with Gasteiger partial charge in [0.15, 0.2) is 0 Å². The molecule has 1 aliphatic carbocycles. The Labute approximate surface area is 138 Å². The van der Waals surface area contributed by atoms with Gasteiger partial charge in [-0.25, -0.2) is 0 Å². The summed E-state index contributed by atoms with van der Waals surface area (Å²) in [7, 11) is 0. The van der Waals surface area contributed by atoms with Gasteiger partial charge in [0.2, 0.25) is 0 Å². The van der Waals surface area contributed by atoms with E-state index in [0.29, 0.717) is 0 Å². The SMILES string of the molecule is Cc1ccc(CC2(C(=O)[O-])C(C=C(Cl)C(F)(F)F)C2(C)C)cc1. The molecule has 6 heteroatoms. The number of alkyl halides is 3. The average molecular weight is 346 g/mol. The molecule has 0 saturated heterocycles. The van der Waals surface area contributed by atoms with Crippen molar-refractivity contribution in [1.29, 1.82) is 0 Å². The van der Waals surface area contributed by atoms with Crippen molar-refractivity contribution >= 4 is 17.6 Å². The summed E-state index contributed by atoms with van der Waals surface area (Å²) in [4.78, 5) is 11.7. The summed E-state index contributed by atoms with van der Waals surface area (Å²) in [5, 5.41) is 10.5. The van der Waals surface area contributed by atoms with Crippen LogP contribution in [-0.2, 0) is 11.2 Å². The standard InChI is InChI=1S/C17H18ClF3O2/c1-10-4-6-11(7-5-10)9-16(14(22)23)12(15(16,2)3)8-13(18)17(19,20)21/h4-8,12H,9H2,1-3H3,(H,22,23)/p-1. The molecule has 1 aromatic carbocycles. The third kappa shape index (κ3) is 2.99. The highest BCUT2D eigenvalue weighted by Crippen LogP contribution is 2.71. The fourth-order valence-corrected chi connectivity index (χ4v) is 3.44. The average Bonchev–Trinajstić information content (AvgIpc) is 2.88. The first-order valence-corrected chi connectivity index (χ1v) is 7.52. The highest BCUT2D eigenvalue weighted by atomic mass is 35.5. The van der Waals surface area contributed by atoms with Crippen LogP contribution in [0.1, 0.15) is 25.0 Å². The van der Waals surface area contributed by atoms with Gasteiger partial charge in [0.25, 0.3) is 0 Å². The largest absolute Gasteiger partial charge is 0.549 e. The number of carbonyl (C=O) groups is 1. The van der Waals surface area contributed by atoms with Crippen molar-refractivity contribution in [2.24, 2.45) is 16.7 Å². The van der Waals surface area contributed by atoms with E-state index in [0.717, 1.165) is 17.2 Å². The quantitative estimate of drug-likeness (QED) is 0.836. The highest BCUT2D eigenvalue weighted by Gasteiger charge is 2.70. The zero-order valence-corrected chi connectivity index (χ0v) is 13.8. The van der Waals surface area contributed by atoms with Crippen molar-refractivity contribution in [2.75, 3.05) is 0 Å². The zero-order valence-electron chi connectivity index (χ0n) is 13.0. The van der Waals surface area contributed by atoms with E-state index in [1.165, 1.54) is 0 Å². The first kappa shape index (κ1) is 17.9. The topological polar surface area (TPSA) is 40.1 Å². The third-order valence-corrected chi connectivity index (χ3v) is 5.27. The molecule has 1 aliphatic rings. The summed E-state index contributed by atoms with van der Waals surface area (Å²) in [6.45, 7) is 5.14. The molecule has 126 valence electrons. The summed E-state index contributed by atoms with van der Waals surface area (Å²) in [5.41, 5.74) is -0.509. The van der Waals surface area contributed by atoms with Gasteiger partial charge in [-0.05, 0) is 30.2 Å². The number of hydrogen-bond donors (Lipinski definition) is 0. The van der Waals surface area contributed by atoms with E-state index in [4.69, 9.17) is 11.6 Å². The Bertz CT molecular complexity index is 647. The van der Waals surface area contributed by atoms with E-state index in [-0.39, 0.29) is 6.42 Å². The number of benzene rings is 1. The second-order valence-corrected chi connectivity index (χ2v) is 7.04. The highest BCUT2D eigenvalue weighted by molar-refractivity contribution is 6.30. The number of carboxylic acid groups (broad SMARTS) is 1. The van der Waals surface area contributed by atoms with Crippen LogP contribution < -0.4 is 5.11 Å². The Kier molecular flexibility index (Phi) is 4.31. The van der Waals surface area contributed by atoms with Crippen LogP contribution >= 0.6 is 11.6 Å². The normalized spacial score (nSPS) is 26.9. The van der Waals surface area contributed by atoms with E-state index in [9.17, 15) is 23.1 Å². The zero-order chi connectivity index (χ0) is 17.6. The number of aliphatic carboxylic acids is 1. The lowest BCUT2D eigenvalue weighted by atomic mass is 9.88. The number of hydrogen-bond acceptors (Lipinski definition) is 2. The Hall–Kier alpha value is -1.49. The Morgan fingerprint density at radius 1 is 1.30 bits per heavy atom. The van der Waals surface area contributed by atoms with Crippen LogP contribution in [0.5, 0.6) is 0 Å². The van der Waals surface area contributed by atoms with E-state index in [2.05, 4.69) is 0 Å². The van der Waals surface area contributed by atoms with E-state index in [1.807, 2.05) is 19.1 Å². The minimum Gasteiger partial charge on any atom is -0.549 e. The summed E-state index contributed by atoms with van der Waals surface area (Å²) >= 11 is 5.30. The van der Waals surface area contributed by atoms with Gasteiger partial charge in [-0.15, -0.1) is 0 Å². The molecule has 1 saturated carbocycles. The number of carboxylic acids is 1. The second-order valence-electron chi connectivity index (χ2n) is 6.63. The fraction of sp³-hybridized carbons (Fsp3) is 0.471. The van der Waals surface area contributed by atoms with Crippen molar-refractivity contribution in [3.63, 3.8) is 0 Å². The Morgan fingerprint density at radius 2 is 1.83 bits per heavy atom. The molecule has 0 aromatic heterocycles. The maximum absolute atomic E-state index is 12.7. The first-order valence-electron chi connectivity index (χ1n) is 7.14.